The molecule has 2 aromatic rings. The van der Waals surface area contributed by atoms with E-state index < -0.39 is 0 Å². The average molecular weight is 312 g/mol. The minimum absolute atomic E-state index is 0.00413. The number of carbonyl (C=O) groups is 2. The largest absolute Gasteiger partial charge is 0.461 e. The van der Waals surface area contributed by atoms with Crippen LogP contribution < -0.4 is 5.32 Å². The summed E-state index contributed by atoms with van der Waals surface area (Å²) in [6.45, 7) is 4.73. The lowest BCUT2D eigenvalue weighted by atomic mass is 10.1. The van der Waals surface area contributed by atoms with Gasteiger partial charge in [0.1, 0.15) is 11.5 Å². The van der Waals surface area contributed by atoms with E-state index in [1.54, 1.807) is 6.92 Å². The van der Waals surface area contributed by atoms with Crippen molar-refractivity contribution in [1.82, 2.24) is 4.90 Å². The molecule has 5 nitrogen and oxygen atoms in total. The minimum atomic E-state index is -0.00413. The summed E-state index contributed by atoms with van der Waals surface area (Å²) in [6, 6.07) is 9.60. The molecule has 0 atom stereocenters. The summed E-state index contributed by atoms with van der Waals surface area (Å²) < 4.78 is 5.94. The molecule has 2 heterocycles. The van der Waals surface area contributed by atoms with Crippen LogP contribution in [0.15, 0.2) is 34.7 Å². The third-order valence-electron chi connectivity index (χ3n) is 4.09. The molecule has 0 bridgehead atoms. The van der Waals surface area contributed by atoms with Crippen molar-refractivity contribution in [3.63, 3.8) is 0 Å². The van der Waals surface area contributed by atoms with Crippen LogP contribution in [0.25, 0.3) is 11.3 Å². The van der Waals surface area contributed by atoms with E-state index in [0.29, 0.717) is 19.5 Å². The second-order valence-corrected chi connectivity index (χ2v) is 5.73. The van der Waals surface area contributed by atoms with Crippen molar-refractivity contribution in [2.45, 2.75) is 33.2 Å². The number of nitrogens with zero attached hydrogens (tertiary/aromatic N) is 1. The summed E-state index contributed by atoms with van der Waals surface area (Å²) in [5, 5.41) is 2.82. The normalized spacial score (nSPS) is 13.6. The van der Waals surface area contributed by atoms with Gasteiger partial charge in [-0.25, -0.2) is 0 Å². The molecule has 5 heteroatoms. The van der Waals surface area contributed by atoms with Crippen LogP contribution in [0.1, 0.15) is 31.6 Å². The molecule has 0 fully saturated rings. The molecule has 1 aromatic heterocycles. The van der Waals surface area contributed by atoms with Gasteiger partial charge in [-0.15, -0.1) is 0 Å². The van der Waals surface area contributed by atoms with Crippen molar-refractivity contribution in [2.75, 3.05) is 11.9 Å². The number of benzene rings is 1. The quantitative estimate of drug-likeness (QED) is 0.946. The highest BCUT2D eigenvalue weighted by molar-refractivity contribution is 5.90. The molecule has 0 saturated carbocycles. The number of rotatable bonds is 3. The highest BCUT2D eigenvalue weighted by Gasteiger charge is 2.22. The summed E-state index contributed by atoms with van der Waals surface area (Å²) in [5.41, 5.74) is 2.81. The van der Waals surface area contributed by atoms with Crippen LogP contribution in [-0.2, 0) is 22.6 Å². The molecule has 1 aliphatic heterocycles. The molecule has 0 spiro atoms. The average Bonchev–Trinajstić information content (AvgIpc) is 2.98. The van der Waals surface area contributed by atoms with E-state index in [1.165, 1.54) is 0 Å². The molecule has 2 amide bonds. The van der Waals surface area contributed by atoms with Gasteiger partial charge in [-0.3, -0.25) is 9.59 Å². The van der Waals surface area contributed by atoms with Gasteiger partial charge in [0.05, 0.1) is 0 Å². The SMILES string of the molecule is CCC(=O)Nc1ccc(-c2cc3c(o2)CCN(C(C)=O)C3)cc1. The second-order valence-electron chi connectivity index (χ2n) is 5.73. The fraction of sp³-hybridized carbons (Fsp3) is 0.333. The van der Waals surface area contributed by atoms with Crippen molar-refractivity contribution in [2.24, 2.45) is 0 Å². The zero-order valence-electron chi connectivity index (χ0n) is 13.4. The van der Waals surface area contributed by atoms with Crippen LogP contribution in [0.5, 0.6) is 0 Å². The summed E-state index contributed by atoms with van der Waals surface area (Å²) in [5.74, 6) is 1.85. The molecule has 23 heavy (non-hydrogen) atoms. The number of carbonyl (C=O) groups excluding carboxylic acids is 2. The fourth-order valence-electron chi connectivity index (χ4n) is 2.71. The van der Waals surface area contributed by atoms with Crippen LogP contribution in [0.3, 0.4) is 0 Å². The molecule has 1 aromatic carbocycles. The number of hydrogen-bond acceptors (Lipinski definition) is 3. The molecule has 120 valence electrons. The molecular weight excluding hydrogens is 292 g/mol. The lowest BCUT2D eigenvalue weighted by molar-refractivity contribution is -0.129. The van der Waals surface area contributed by atoms with Crippen LogP contribution in [0, 0.1) is 0 Å². The Morgan fingerprint density at radius 3 is 2.65 bits per heavy atom. The van der Waals surface area contributed by atoms with E-state index in [1.807, 2.05) is 42.2 Å². The first-order valence-corrected chi connectivity index (χ1v) is 7.84. The summed E-state index contributed by atoms with van der Waals surface area (Å²) in [7, 11) is 0. The third kappa shape index (κ3) is 3.28. The van der Waals surface area contributed by atoms with E-state index in [0.717, 1.165) is 34.8 Å². The Balaban J connectivity index is 1.78. The summed E-state index contributed by atoms with van der Waals surface area (Å²) in [4.78, 5) is 24.7. The maximum absolute atomic E-state index is 11.5. The third-order valence-corrected chi connectivity index (χ3v) is 4.09. The molecule has 1 N–H and O–H groups in total. The molecule has 1 aliphatic rings. The molecular formula is C18H20N2O3. The number of nitrogens with one attached hydrogen (secondary N) is 1. The Kier molecular flexibility index (Phi) is 4.19. The zero-order valence-corrected chi connectivity index (χ0v) is 13.4. The van der Waals surface area contributed by atoms with E-state index >= 15 is 0 Å². The zero-order chi connectivity index (χ0) is 16.4. The number of hydrogen-bond donors (Lipinski definition) is 1. The second kappa shape index (κ2) is 6.28. The molecule has 0 unspecified atom stereocenters. The van der Waals surface area contributed by atoms with Gasteiger partial charge in [-0.1, -0.05) is 6.92 Å². The van der Waals surface area contributed by atoms with Crippen LogP contribution in [-0.4, -0.2) is 23.3 Å². The number of furan rings is 1. The van der Waals surface area contributed by atoms with Crippen LogP contribution in [0.4, 0.5) is 5.69 Å². The van der Waals surface area contributed by atoms with Gasteiger partial charge in [0, 0.05) is 49.7 Å². The Hall–Kier alpha value is -2.56. The van der Waals surface area contributed by atoms with E-state index in [9.17, 15) is 9.59 Å². The maximum atomic E-state index is 11.5. The first-order chi connectivity index (χ1) is 11.1. The maximum Gasteiger partial charge on any atom is 0.224 e. The van der Waals surface area contributed by atoms with Gasteiger partial charge in [0.2, 0.25) is 11.8 Å². The van der Waals surface area contributed by atoms with E-state index in [4.69, 9.17) is 4.42 Å². The van der Waals surface area contributed by atoms with Crippen LogP contribution >= 0.6 is 0 Å². The van der Waals surface area contributed by atoms with Crippen molar-refractivity contribution in [3.05, 3.63) is 41.7 Å². The van der Waals surface area contributed by atoms with Gasteiger partial charge >= 0.3 is 0 Å². The van der Waals surface area contributed by atoms with Crippen molar-refractivity contribution >= 4 is 17.5 Å². The number of anilines is 1. The van der Waals surface area contributed by atoms with Crippen molar-refractivity contribution < 1.29 is 14.0 Å². The highest BCUT2D eigenvalue weighted by Crippen LogP contribution is 2.30. The molecule has 0 aliphatic carbocycles. The first-order valence-electron chi connectivity index (χ1n) is 7.84. The van der Waals surface area contributed by atoms with Crippen molar-refractivity contribution in [1.29, 1.82) is 0 Å². The summed E-state index contributed by atoms with van der Waals surface area (Å²) >= 11 is 0. The fourth-order valence-corrected chi connectivity index (χ4v) is 2.71. The predicted molar refractivity (Wildman–Crippen MR) is 87.9 cm³/mol. The topological polar surface area (TPSA) is 62.6 Å². The number of amides is 2. The van der Waals surface area contributed by atoms with Crippen LogP contribution in [0.2, 0.25) is 0 Å². The van der Waals surface area contributed by atoms with E-state index in [-0.39, 0.29) is 11.8 Å². The Morgan fingerprint density at radius 2 is 2.00 bits per heavy atom. The van der Waals surface area contributed by atoms with E-state index in [2.05, 4.69) is 5.32 Å². The van der Waals surface area contributed by atoms with Gasteiger partial charge < -0.3 is 14.6 Å². The molecule has 0 saturated heterocycles. The van der Waals surface area contributed by atoms with Crippen molar-refractivity contribution in [3.8, 4) is 11.3 Å². The van der Waals surface area contributed by atoms with Gasteiger partial charge in [0.25, 0.3) is 0 Å². The van der Waals surface area contributed by atoms with Gasteiger partial charge in [0.15, 0.2) is 0 Å². The molecule has 0 radical (unpaired) electrons. The summed E-state index contributed by atoms with van der Waals surface area (Å²) in [6.07, 6.45) is 1.21. The first kappa shape index (κ1) is 15.3. The monoisotopic (exact) mass is 312 g/mol. The van der Waals surface area contributed by atoms with Gasteiger partial charge in [-0.05, 0) is 30.3 Å². The predicted octanol–water partition coefficient (Wildman–Crippen LogP) is 3.20. The Bertz CT molecular complexity index is 731. The molecule has 3 rings (SSSR count). The lowest BCUT2D eigenvalue weighted by Gasteiger charge is -2.24. The number of fused-ring (bicyclic) bond motifs is 1. The smallest absolute Gasteiger partial charge is 0.224 e. The Morgan fingerprint density at radius 1 is 1.26 bits per heavy atom. The standard InChI is InChI=1S/C18H20N2O3/c1-3-18(22)19-15-6-4-13(5-7-15)17-10-14-11-20(12(2)21)9-8-16(14)23-17/h4-7,10H,3,8-9,11H2,1-2H3,(H,19,22). The highest BCUT2D eigenvalue weighted by atomic mass is 16.3. The minimum Gasteiger partial charge on any atom is -0.461 e. The van der Waals surface area contributed by atoms with Gasteiger partial charge in [-0.2, -0.15) is 0 Å². The lowest BCUT2D eigenvalue weighted by Crippen LogP contribution is -2.33. The Labute approximate surface area is 135 Å².